The van der Waals surface area contributed by atoms with Gasteiger partial charge in [0.1, 0.15) is 6.73 Å². The lowest BCUT2D eigenvalue weighted by Gasteiger charge is -1.93. The van der Waals surface area contributed by atoms with Crippen LogP contribution in [0.15, 0.2) is 6.20 Å². The fourth-order valence-electron chi connectivity index (χ4n) is 0.696. The molecule has 0 saturated carbocycles. The maximum absolute atomic E-state index is 4.85. The Morgan fingerprint density at radius 1 is 1.70 bits per heavy atom. The molecule has 4 nitrogen and oxygen atoms in total. The fraction of sp³-hybridized carbons (Fsp3) is 0.667. The minimum absolute atomic E-state index is 0.479. The molecule has 0 aromatic carbocycles. The predicted octanol–water partition coefficient (Wildman–Crippen LogP) is 0.444. The smallest absolute Gasteiger partial charge is 0.140 e. The maximum Gasteiger partial charge on any atom is 0.140 e. The van der Waals surface area contributed by atoms with Gasteiger partial charge in [-0.15, -0.1) is 5.10 Å². The highest BCUT2D eigenvalue weighted by atomic mass is 16.5. The van der Waals surface area contributed by atoms with Crippen molar-refractivity contribution in [2.24, 2.45) is 0 Å². The first-order valence-corrected chi connectivity index (χ1v) is 3.24. The lowest BCUT2D eigenvalue weighted by Crippen LogP contribution is -1.99. The summed E-state index contributed by atoms with van der Waals surface area (Å²) in [4.78, 5) is 0. The van der Waals surface area contributed by atoms with Crippen molar-refractivity contribution in [1.82, 2.24) is 15.0 Å². The van der Waals surface area contributed by atoms with Gasteiger partial charge in [-0.2, -0.15) is 0 Å². The average Bonchev–Trinajstić information content (AvgIpc) is 2.37. The molecule has 0 bridgehead atoms. The van der Waals surface area contributed by atoms with Crippen LogP contribution in [-0.2, 0) is 17.9 Å². The summed E-state index contributed by atoms with van der Waals surface area (Å²) in [5.74, 6) is 0. The Hall–Kier alpha value is -0.900. The van der Waals surface area contributed by atoms with Crippen LogP contribution in [0.25, 0.3) is 0 Å². The Morgan fingerprint density at radius 2 is 2.50 bits per heavy atom. The van der Waals surface area contributed by atoms with Crippen LogP contribution >= 0.6 is 0 Å². The summed E-state index contributed by atoms with van der Waals surface area (Å²) < 4.78 is 6.51. The van der Waals surface area contributed by atoms with Gasteiger partial charge in [0.2, 0.25) is 0 Å². The van der Waals surface area contributed by atoms with Crippen LogP contribution in [0.4, 0.5) is 0 Å². The topological polar surface area (TPSA) is 39.9 Å². The van der Waals surface area contributed by atoms with E-state index in [1.807, 2.05) is 13.1 Å². The van der Waals surface area contributed by atoms with Crippen LogP contribution in [0.2, 0.25) is 0 Å². The maximum atomic E-state index is 4.85. The van der Waals surface area contributed by atoms with Crippen molar-refractivity contribution in [3.63, 3.8) is 0 Å². The summed E-state index contributed by atoms with van der Waals surface area (Å²) >= 11 is 0. The Morgan fingerprint density at radius 3 is 3.00 bits per heavy atom. The molecule has 0 radical (unpaired) electrons. The second-order valence-corrected chi connectivity index (χ2v) is 2.02. The molecule has 10 heavy (non-hydrogen) atoms. The second kappa shape index (κ2) is 3.31. The third-order valence-electron chi connectivity index (χ3n) is 1.21. The van der Waals surface area contributed by atoms with Gasteiger partial charge in [-0.05, 0) is 6.42 Å². The molecule has 1 rings (SSSR count). The molecule has 0 unspecified atom stereocenters. The first-order valence-electron chi connectivity index (χ1n) is 3.24. The summed E-state index contributed by atoms with van der Waals surface area (Å²) in [5, 5.41) is 7.70. The molecular formula is C6H11N3O. The normalized spacial score (nSPS) is 10.2. The van der Waals surface area contributed by atoms with Crippen LogP contribution in [0.5, 0.6) is 0 Å². The van der Waals surface area contributed by atoms with Crippen molar-refractivity contribution >= 4 is 0 Å². The standard InChI is InChI=1S/C6H11N3O/c1-3-6-4-9(5-10-2)8-7-6/h4H,3,5H2,1-2H3. The third-order valence-corrected chi connectivity index (χ3v) is 1.21. The molecule has 0 amide bonds. The molecule has 0 fully saturated rings. The first-order chi connectivity index (χ1) is 4.86. The van der Waals surface area contributed by atoms with Crippen molar-refractivity contribution in [3.05, 3.63) is 11.9 Å². The lowest BCUT2D eigenvalue weighted by atomic mass is 10.4. The van der Waals surface area contributed by atoms with Gasteiger partial charge in [0, 0.05) is 7.11 Å². The first kappa shape index (κ1) is 7.21. The fourth-order valence-corrected chi connectivity index (χ4v) is 0.696. The summed E-state index contributed by atoms with van der Waals surface area (Å²) in [6.45, 7) is 2.52. The number of aryl methyl sites for hydroxylation is 1. The number of rotatable bonds is 3. The van der Waals surface area contributed by atoms with E-state index >= 15 is 0 Å². The molecule has 56 valence electrons. The van der Waals surface area contributed by atoms with Crippen molar-refractivity contribution in [2.75, 3.05) is 7.11 Å². The second-order valence-electron chi connectivity index (χ2n) is 2.02. The summed E-state index contributed by atoms with van der Waals surface area (Å²) in [6, 6.07) is 0. The summed E-state index contributed by atoms with van der Waals surface area (Å²) in [6.07, 6.45) is 2.80. The molecule has 0 spiro atoms. The van der Waals surface area contributed by atoms with Gasteiger partial charge in [0.15, 0.2) is 0 Å². The highest BCUT2D eigenvalue weighted by Crippen LogP contribution is 1.92. The zero-order valence-electron chi connectivity index (χ0n) is 6.24. The van der Waals surface area contributed by atoms with Crippen molar-refractivity contribution in [2.45, 2.75) is 20.1 Å². The number of hydrogen-bond acceptors (Lipinski definition) is 3. The van der Waals surface area contributed by atoms with E-state index in [1.54, 1.807) is 11.8 Å². The number of aromatic nitrogens is 3. The molecule has 0 aliphatic carbocycles. The van der Waals surface area contributed by atoms with Crippen LogP contribution in [0.3, 0.4) is 0 Å². The molecule has 0 atom stereocenters. The summed E-state index contributed by atoms with van der Waals surface area (Å²) in [7, 11) is 1.63. The molecule has 0 aliphatic rings. The zero-order valence-corrected chi connectivity index (χ0v) is 6.24. The Balaban J connectivity index is 2.59. The van der Waals surface area contributed by atoms with E-state index in [2.05, 4.69) is 10.3 Å². The molecule has 0 aliphatic heterocycles. The van der Waals surface area contributed by atoms with Gasteiger partial charge in [-0.3, -0.25) is 0 Å². The van der Waals surface area contributed by atoms with Gasteiger partial charge < -0.3 is 4.74 Å². The van der Waals surface area contributed by atoms with Crippen LogP contribution in [0, 0.1) is 0 Å². The van der Waals surface area contributed by atoms with Crippen LogP contribution in [0.1, 0.15) is 12.6 Å². The Bertz CT molecular complexity index is 197. The highest BCUT2D eigenvalue weighted by Gasteiger charge is 1.94. The van der Waals surface area contributed by atoms with Crippen molar-refractivity contribution in [1.29, 1.82) is 0 Å². The van der Waals surface area contributed by atoms with E-state index in [4.69, 9.17) is 4.74 Å². The van der Waals surface area contributed by atoms with E-state index in [0.29, 0.717) is 6.73 Å². The number of nitrogens with zero attached hydrogens (tertiary/aromatic N) is 3. The summed E-state index contributed by atoms with van der Waals surface area (Å²) in [5.41, 5.74) is 0.997. The molecule has 1 aromatic heterocycles. The quantitative estimate of drug-likeness (QED) is 0.613. The SMILES string of the molecule is CCc1cn(COC)nn1. The molecule has 0 saturated heterocycles. The van der Waals surface area contributed by atoms with E-state index in [1.165, 1.54) is 0 Å². The van der Waals surface area contributed by atoms with Gasteiger partial charge in [0.05, 0.1) is 11.9 Å². The number of hydrogen-bond donors (Lipinski definition) is 0. The van der Waals surface area contributed by atoms with E-state index in [9.17, 15) is 0 Å². The monoisotopic (exact) mass is 141 g/mol. The van der Waals surface area contributed by atoms with E-state index in [0.717, 1.165) is 12.1 Å². The number of methoxy groups -OCH3 is 1. The molecule has 0 N–H and O–H groups in total. The molecule has 1 aromatic rings. The highest BCUT2D eigenvalue weighted by molar-refractivity contribution is 4.90. The minimum atomic E-state index is 0.479. The van der Waals surface area contributed by atoms with Crippen LogP contribution in [-0.4, -0.2) is 22.1 Å². The molecule has 4 heteroatoms. The van der Waals surface area contributed by atoms with Crippen LogP contribution < -0.4 is 0 Å². The van der Waals surface area contributed by atoms with Gasteiger partial charge in [-0.1, -0.05) is 12.1 Å². The average molecular weight is 141 g/mol. The lowest BCUT2D eigenvalue weighted by molar-refractivity contribution is 0.119. The third kappa shape index (κ3) is 1.54. The number of ether oxygens (including phenoxy) is 1. The largest absolute Gasteiger partial charge is 0.362 e. The molecule has 1 heterocycles. The zero-order chi connectivity index (χ0) is 7.40. The minimum Gasteiger partial charge on any atom is -0.362 e. The van der Waals surface area contributed by atoms with E-state index < -0.39 is 0 Å². The Kier molecular flexibility index (Phi) is 2.39. The predicted molar refractivity (Wildman–Crippen MR) is 36.4 cm³/mol. The Labute approximate surface area is 59.8 Å². The van der Waals surface area contributed by atoms with E-state index in [-0.39, 0.29) is 0 Å². The van der Waals surface area contributed by atoms with Crippen molar-refractivity contribution < 1.29 is 4.74 Å². The van der Waals surface area contributed by atoms with Gasteiger partial charge in [0.25, 0.3) is 0 Å². The van der Waals surface area contributed by atoms with Gasteiger partial charge in [-0.25, -0.2) is 4.68 Å². The van der Waals surface area contributed by atoms with Gasteiger partial charge >= 0.3 is 0 Å². The molecular weight excluding hydrogens is 130 g/mol. The van der Waals surface area contributed by atoms with Crippen molar-refractivity contribution in [3.8, 4) is 0 Å².